The lowest BCUT2D eigenvalue weighted by Crippen LogP contribution is -2.50. The van der Waals surface area contributed by atoms with Gasteiger partial charge in [-0.2, -0.15) is 11.8 Å². The van der Waals surface area contributed by atoms with Gasteiger partial charge in [0.25, 0.3) is 5.91 Å². The van der Waals surface area contributed by atoms with Crippen LogP contribution >= 0.6 is 11.8 Å². The lowest BCUT2D eigenvalue weighted by molar-refractivity contribution is -0.162. The zero-order valence-corrected chi connectivity index (χ0v) is 13.4. The summed E-state index contributed by atoms with van der Waals surface area (Å²) >= 11 is 1.83. The van der Waals surface area contributed by atoms with Gasteiger partial charge >= 0.3 is 5.97 Å². The normalized spacial score (nSPS) is 17.3. The monoisotopic (exact) mass is 323 g/mol. The second kappa shape index (κ2) is 7.15. The van der Waals surface area contributed by atoms with Crippen molar-refractivity contribution in [2.45, 2.75) is 31.1 Å². The number of likely N-dealkylation sites (tertiary alicyclic amines) is 1. The van der Waals surface area contributed by atoms with Gasteiger partial charge in [-0.25, -0.2) is 4.79 Å². The second-order valence-corrected chi connectivity index (χ2v) is 6.74. The highest BCUT2D eigenvalue weighted by atomic mass is 32.2. The first-order chi connectivity index (χ1) is 10.5. The van der Waals surface area contributed by atoms with Gasteiger partial charge in [0, 0.05) is 37.2 Å². The van der Waals surface area contributed by atoms with Gasteiger partial charge in [0.15, 0.2) is 5.60 Å². The Kier molecular flexibility index (Phi) is 5.47. The van der Waals surface area contributed by atoms with E-state index in [-0.39, 0.29) is 31.8 Å². The number of benzene rings is 1. The number of aliphatic hydroxyl groups is 1. The SMILES string of the molecule is CCSCc1ccc(C(=O)N2CCC(O)(C(=O)O)CC2)cc1. The fraction of sp³-hybridized carbons (Fsp3) is 0.500. The van der Waals surface area contributed by atoms with Crippen LogP contribution in [0.25, 0.3) is 0 Å². The van der Waals surface area contributed by atoms with E-state index in [1.807, 2.05) is 36.0 Å². The Morgan fingerprint density at radius 3 is 2.32 bits per heavy atom. The number of amides is 1. The zero-order chi connectivity index (χ0) is 16.2. The van der Waals surface area contributed by atoms with E-state index in [1.54, 1.807) is 4.90 Å². The van der Waals surface area contributed by atoms with E-state index >= 15 is 0 Å². The molecule has 120 valence electrons. The molecule has 2 N–H and O–H groups in total. The molecule has 1 aromatic carbocycles. The molecule has 1 aliphatic heterocycles. The Morgan fingerprint density at radius 2 is 1.82 bits per heavy atom. The number of nitrogens with zero attached hydrogens (tertiary/aromatic N) is 1. The van der Waals surface area contributed by atoms with Crippen LogP contribution in [0.2, 0.25) is 0 Å². The maximum atomic E-state index is 12.4. The summed E-state index contributed by atoms with van der Waals surface area (Å²) in [6.07, 6.45) is 0.137. The number of carbonyl (C=O) groups excluding carboxylic acids is 1. The van der Waals surface area contributed by atoms with E-state index in [1.165, 1.54) is 5.56 Å². The summed E-state index contributed by atoms with van der Waals surface area (Å²) in [6.45, 7) is 2.63. The number of carbonyl (C=O) groups is 2. The van der Waals surface area contributed by atoms with E-state index < -0.39 is 11.6 Å². The Labute approximate surface area is 134 Å². The summed E-state index contributed by atoms with van der Waals surface area (Å²) in [4.78, 5) is 25.0. The van der Waals surface area contributed by atoms with E-state index in [0.717, 1.165) is 11.5 Å². The zero-order valence-electron chi connectivity index (χ0n) is 12.6. The van der Waals surface area contributed by atoms with Gasteiger partial charge in [-0.1, -0.05) is 19.1 Å². The van der Waals surface area contributed by atoms with Gasteiger partial charge in [-0.15, -0.1) is 0 Å². The first-order valence-corrected chi connectivity index (χ1v) is 8.53. The minimum absolute atomic E-state index is 0.0687. The number of thioether (sulfide) groups is 1. The van der Waals surface area contributed by atoms with Gasteiger partial charge in [-0.3, -0.25) is 4.79 Å². The molecule has 1 aliphatic rings. The maximum absolute atomic E-state index is 12.4. The molecule has 0 atom stereocenters. The van der Waals surface area contributed by atoms with Crippen LogP contribution in [0.1, 0.15) is 35.7 Å². The first kappa shape index (κ1) is 16.8. The predicted molar refractivity (Wildman–Crippen MR) is 86.0 cm³/mol. The van der Waals surface area contributed by atoms with E-state index in [9.17, 15) is 14.7 Å². The molecule has 5 nitrogen and oxygen atoms in total. The predicted octanol–water partition coefficient (Wildman–Crippen LogP) is 1.99. The van der Waals surface area contributed by atoms with E-state index in [4.69, 9.17) is 5.11 Å². The van der Waals surface area contributed by atoms with Crippen molar-refractivity contribution in [3.05, 3.63) is 35.4 Å². The fourth-order valence-electron chi connectivity index (χ4n) is 2.44. The van der Waals surface area contributed by atoms with Crippen LogP contribution < -0.4 is 0 Å². The average molecular weight is 323 g/mol. The maximum Gasteiger partial charge on any atom is 0.335 e. The van der Waals surface area contributed by atoms with Crippen LogP contribution in [0.3, 0.4) is 0 Å². The highest BCUT2D eigenvalue weighted by molar-refractivity contribution is 7.98. The smallest absolute Gasteiger partial charge is 0.335 e. The average Bonchev–Trinajstić information content (AvgIpc) is 2.53. The number of rotatable bonds is 5. The summed E-state index contributed by atoms with van der Waals surface area (Å²) in [5.41, 5.74) is 0.0891. The molecule has 6 heteroatoms. The van der Waals surface area contributed by atoms with Crippen molar-refractivity contribution in [3.8, 4) is 0 Å². The second-order valence-electron chi connectivity index (χ2n) is 5.46. The molecule has 0 radical (unpaired) electrons. The van der Waals surface area contributed by atoms with Crippen LogP contribution in [0, 0.1) is 0 Å². The molecular weight excluding hydrogens is 302 g/mol. The summed E-state index contributed by atoms with van der Waals surface area (Å²) < 4.78 is 0. The molecule has 0 saturated carbocycles. The Hall–Kier alpha value is -1.53. The molecule has 1 amide bonds. The Bertz CT molecular complexity index is 536. The number of hydrogen-bond donors (Lipinski definition) is 2. The number of carboxylic acid groups (broad SMARTS) is 1. The summed E-state index contributed by atoms with van der Waals surface area (Å²) in [5.74, 6) is 0.667. The number of aliphatic carboxylic acids is 1. The molecule has 1 saturated heterocycles. The molecule has 22 heavy (non-hydrogen) atoms. The van der Waals surface area contributed by atoms with Crippen molar-refractivity contribution in [1.29, 1.82) is 0 Å². The molecule has 2 rings (SSSR count). The quantitative estimate of drug-likeness (QED) is 0.866. The number of carboxylic acids is 1. The van der Waals surface area contributed by atoms with E-state index in [2.05, 4.69) is 6.92 Å². The van der Waals surface area contributed by atoms with Gasteiger partial charge in [-0.05, 0) is 23.4 Å². The van der Waals surface area contributed by atoms with Gasteiger partial charge in [0.2, 0.25) is 0 Å². The van der Waals surface area contributed by atoms with Crippen LogP contribution in [-0.2, 0) is 10.5 Å². The van der Waals surface area contributed by atoms with Gasteiger partial charge < -0.3 is 15.1 Å². The van der Waals surface area contributed by atoms with Crippen molar-refractivity contribution in [2.75, 3.05) is 18.8 Å². The topological polar surface area (TPSA) is 77.8 Å². The minimum Gasteiger partial charge on any atom is -0.479 e. The van der Waals surface area contributed by atoms with Crippen LogP contribution in [0.5, 0.6) is 0 Å². The molecular formula is C16H21NO4S. The van der Waals surface area contributed by atoms with Crippen LogP contribution in [0.15, 0.2) is 24.3 Å². The molecule has 0 bridgehead atoms. The summed E-state index contributed by atoms with van der Waals surface area (Å²) in [6, 6.07) is 7.53. The lowest BCUT2D eigenvalue weighted by atomic mass is 9.91. The third kappa shape index (κ3) is 3.81. The highest BCUT2D eigenvalue weighted by Crippen LogP contribution is 2.24. The molecule has 1 aromatic rings. The van der Waals surface area contributed by atoms with Crippen LogP contribution in [0.4, 0.5) is 0 Å². The third-order valence-corrected chi connectivity index (χ3v) is 4.90. The summed E-state index contributed by atoms with van der Waals surface area (Å²) in [7, 11) is 0. The third-order valence-electron chi connectivity index (χ3n) is 3.95. The van der Waals surface area contributed by atoms with Gasteiger partial charge in [0.05, 0.1) is 0 Å². The molecule has 1 heterocycles. The molecule has 0 aliphatic carbocycles. The van der Waals surface area contributed by atoms with E-state index in [0.29, 0.717) is 5.56 Å². The lowest BCUT2D eigenvalue weighted by Gasteiger charge is -2.35. The van der Waals surface area contributed by atoms with Crippen LogP contribution in [-0.4, -0.2) is 51.4 Å². The van der Waals surface area contributed by atoms with Crippen molar-refractivity contribution < 1.29 is 19.8 Å². The molecule has 0 unspecified atom stereocenters. The van der Waals surface area contributed by atoms with Crippen molar-refractivity contribution in [2.24, 2.45) is 0 Å². The minimum atomic E-state index is -1.70. The standard InChI is InChI=1S/C16H21NO4S/c1-2-22-11-12-3-5-13(6-4-12)14(18)17-9-7-16(21,8-10-17)15(19)20/h3-6,21H,2,7-11H2,1H3,(H,19,20). The number of hydrogen-bond acceptors (Lipinski definition) is 4. The van der Waals surface area contributed by atoms with Gasteiger partial charge in [0.1, 0.15) is 0 Å². The first-order valence-electron chi connectivity index (χ1n) is 7.38. The number of piperidine rings is 1. The van der Waals surface area contributed by atoms with Crippen molar-refractivity contribution in [3.63, 3.8) is 0 Å². The molecule has 0 spiro atoms. The molecule has 0 aromatic heterocycles. The van der Waals surface area contributed by atoms with Crippen molar-refractivity contribution >= 4 is 23.6 Å². The van der Waals surface area contributed by atoms with Crippen molar-refractivity contribution in [1.82, 2.24) is 4.90 Å². The summed E-state index contributed by atoms with van der Waals surface area (Å²) in [5, 5.41) is 18.9. The Balaban J connectivity index is 1.96. The largest absolute Gasteiger partial charge is 0.479 e. The fourth-order valence-corrected chi connectivity index (χ4v) is 3.07. The Morgan fingerprint density at radius 1 is 1.23 bits per heavy atom. The molecule has 1 fully saturated rings. The highest BCUT2D eigenvalue weighted by Gasteiger charge is 2.40.